The number of hydrogen-bond acceptors (Lipinski definition) is 6. The van der Waals surface area contributed by atoms with E-state index in [2.05, 4.69) is 15.3 Å². The molecule has 0 radical (unpaired) electrons. The number of sulfone groups is 1. The summed E-state index contributed by atoms with van der Waals surface area (Å²) in [5, 5.41) is 3.88. The molecule has 1 aromatic rings. The first-order chi connectivity index (χ1) is 13.2. The zero-order valence-electron chi connectivity index (χ0n) is 16.3. The number of rotatable bonds is 7. The molecule has 1 atom stereocenters. The Morgan fingerprint density at radius 2 is 2.04 bits per heavy atom. The fraction of sp³-hybridized carbons (Fsp3) is 0.650. The van der Waals surface area contributed by atoms with E-state index >= 15 is 0 Å². The minimum absolute atomic E-state index is 0.198. The van der Waals surface area contributed by atoms with Gasteiger partial charge in [0.25, 0.3) is 5.91 Å². The van der Waals surface area contributed by atoms with Crippen molar-refractivity contribution in [3.05, 3.63) is 29.1 Å². The standard InChI is InChI=1S/C20H27N3O4S/c1-13(7-10-28(2,25)26)22-18(24)16-12-21-17(15-3-4-15)23-19(16)27-20-8-5-14(11-20)6-9-20/h7,10,12-15H,3-6,8-9,11H2,1-2H3,(H,22,24)/b10-7+. The Morgan fingerprint density at radius 1 is 1.32 bits per heavy atom. The zero-order valence-corrected chi connectivity index (χ0v) is 17.2. The third kappa shape index (κ3) is 4.37. The molecule has 0 spiro atoms. The molecule has 152 valence electrons. The second kappa shape index (κ2) is 7.13. The molecule has 3 aliphatic carbocycles. The van der Waals surface area contributed by atoms with Crippen molar-refractivity contribution in [1.82, 2.24) is 15.3 Å². The van der Waals surface area contributed by atoms with Gasteiger partial charge in [0.1, 0.15) is 17.0 Å². The average molecular weight is 406 g/mol. The number of nitrogens with one attached hydrogen (secondary N) is 1. The molecule has 7 nitrogen and oxygen atoms in total. The summed E-state index contributed by atoms with van der Waals surface area (Å²) in [7, 11) is -3.24. The van der Waals surface area contributed by atoms with Gasteiger partial charge in [0.05, 0.1) is 0 Å². The van der Waals surface area contributed by atoms with E-state index in [-0.39, 0.29) is 11.5 Å². The van der Waals surface area contributed by atoms with Crippen LogP contribution < -0.4 is 10.1 Å². The van der Waals surface area contributed by atoms with E-state index in [1.807, 2.05) is 0 Å². The Hall–Kier alpha value is -1.96. The zero-order chi connectivity index (χ0) is 19.9. The van der Waals surface area contributed by atoms with E-state index in [1.165, 1.54) is 18.9 Å². The number of hydrogen-bond donors (Lipinski definition) is 1. The van der Waals surface area contributed by atoms with Gasteiger partial charge in [0, 0.05) is 29.8 Å². The predicted octanol–water partition coefficient (Wildman–Crippen LogP) is 2.74. The lowest BCUT2D eigenvalue weighted by atomic mass is 9.97. The Kier molecular flexibility index (Phi) is 4.93. The lowest BCUT2D eigenvalue weighted by Gasteiger charge is -2.28. The molecule has 0 saturated heterocycles. The number of nitrogens with zero attached hydrogens (tertiary/aromatic N) is 2. The summed E-state index contributed by atoms with van der Waals surface area (Å²) in [5.74, 6) is 1.86. The van der Waals surface area contributed by atoms with Crippen LogP contribution in [0.4, 0.5) is 0 Å². The van der Waals surface area contributed by atoms with Gasteiger partial charge in [0.15, 0.2) is 9.84 Å². The predicted molar refractivity (Wildman–Crippen MR) is 105 cm³/mol. The average Bonchev–Trinajstić information content (AvgIpc) is 3.31. The molecule has 0 aromatic carbocycles. The molecule has 3 saturated carbocycles. The summed E-state index contributed by atoms with van der Waals surface area (Å²) < 4.78 is 29.0. The van der Waals surface area contributed by atoms with Gasteiger partial charge in [0.2, 0.25) is 5.88 Å². The van der Waals surface area contributed by atoms with Crippen molar-refractivity contribution in [2.45, 2.75) is 69.4 Å². The van der Waals surface area contributed by atoms with Gasteiger partial charge in [-0.05, 0) is 57.8 Å². The molecular weight excluding hydrogens is 378 g/mol. The van der Waals surface area contributed by atoms with Gasteiger partial charge >= 0.3 is 0 Å². The smallest absolute Gasteiger partial charge is 0.258 e. The minimum atomic E-state index is -3.24. The molecular formula is C20H27N3O4S. The first kappa shape index (κ1) is 19.4. The highest BCUT2D eigenvalue weighted by molar-refractivity contribution is 7.93. The van der Waals surface area contributed by atoms with Crippen LogP contribution in [-0.2, 0) is 9.84 Å². The molecule has 1 amide bonds. The van der Waals surface area contributed by atoms with Crippen LogP contribution in [0.1, 0.15) is 74.0 Å². The van der Waals surface area contributed by atoms with Gasteiger partial charge in [-0.25, -0.2) is 13.4 Å². The monoisotopic (exact) mass is 405 g/mol. The van der Waals surface area contributed by atoms with Gasteiger partial charge < -0.3 is 10.1 Å². The number of ether oxygens (including phenoxy) is 1. The molecule has 1 unspecified atom stereocenters. The summed E-state index contributed by atoms with van der Waals surface area (Å²) in [6.07, 6.45) is 11.7. The Labute approximate surface area is 165 Å². The van der Waals surface area contributed by atoms with E-state index in [1.54, 1.807) is 13.1 Å². The van der Waals surface area contributed by atoms with E-state index in [4.69, 9.17) is 4.74 Å². The topological polar surface area (TPSA) is 98.2 Å². The Bertz CT molecular complexity index is 900. The van der Waals surface area contributed by atoms with Crippen LogP contribution in [0.5, 0.6) is 5.88 Å². The van der Waals surface area contributed by atoms with Crippen molar-refractivity contribution in [1.29, 1.82) is 0 Å². The molecule has 4 rings (SSSR count). The van der Waals surface area contributed by atoms with E-state index in [0.29, 0.717) is 17.4 Å². The van der Waals surface area contributed by atoms with Crippen molar-refractivity contribution in [2.24, 2.45) is 5.92 Å². The summed E-state index contributed by atoms with van der Waals surface area (Å²) in [4.78, 5) is 21.8. The molecule has 2 bridgehead atoms. The van der Waals surface area contributed by atoms with E-state index in [0.717, 1.165) is 55.5 Å². The maximum atomic E-state index is 12.8. The SMILES string of the molecule is CC(/C=C/S(C)(=O)=O)NC(=O)c1cnc(C2CC2)nc1OC12CCC(CC1)C2. The van der Waals surface area contributed by atoms with Crippen LogP contribution >= 0.6 is 0 Å². The second-order valence-electron chi connectivity index (χ2n) is 8.57. The molecule has 1 heterocycles. The van der Waals surface area contributed by atoms with Gasteiger partial charge in [-0.15, -0.1) is 0 Å². The maximum absolute atomic E-state index is 12.8. The molecule has 3 fully saturated rings. The highest BCUT2D eigenvalue weighted by Gasteiger charge is 2.47. The van der Waals surface area contributed by atoms with E-state index < -0.39 is 15.9 Å². The van der Waals surface area contributed by atoms with Crippen molar-refractivity contribution in [3.8, 4) is 5.88 Å². The fourth-order valence-electron chi connectivity index (χ4n) is 4.23. The second-order valence-corrected chi connectivity index (χ2v) is 10.5. The molecule has 8 heteroatoms. The lowest BCUT2D eigenvalue weighted by Crippen LogP contribution is -2.35. The van der Waals surface area contributed by atoms with Crippen LogP contribution in [0, 0.1) is 5.92 Å². The number of carbonyl (C=O) groups is 1. The highest BCUT2D eigenvalue weighted by Crippen LogP contribution is 2.50. The molecule has 0 aliphatic heterocycles. The highest BCUT2D eigenvalue weighted by atomic mass is 32.2. The van der Waals surface area contributed by atoms with Gasteiger partial charge in [-0.3, -0.25) is 4.79 Å². The van der Waals surface area contributed by atoms with Crippen molar-refractivity contribution >= 4 is 15.7 Å². The first-order valence-electron chi connectivity index (χ1n) is 9.98. The molecule has 1 N–H and O–H groups in total. The first-order valence-corrected chi connectivity index (χ1v) is 11.9. The molecule has 1 aromatic heterocycles. The maximum Gasteiger partial charge on any atom is 0.258 e. The third-order valence-electron chi connectivity index (χ3n) is 5.92. The number of aromatic nitrogens is 2. The van der Waals surface area contributed by atoms with Gasteiger partial charge in [-0.1, -0.05) is 6.08 Å². The fourth-order valence-corrected chi connectivity index (χ4v) is 4.75. The van der Waals surface area contributed by atoms with Crippen LogP contribution in [0.2, 0.25) is 0 Å². The summed E-state index contributed by atoms with van der Waals surface area (Å²) in [6.45, 7) is 1.72. The van der Waals surface area contributed by atoms with Crippen LogP contribution in [0.25, 0.3) is 0 Å². The normalized spacial score (nSPS) is 27.9. The Balaban J connectivity index is 1.55. The minimum Gasteiger partial charge on any atom is -0.470 e. The summed E-state index contributed by atoms with van der Waals surface area (Å²) >= 11 is 0. The van der Waals surface area contributed by atoms with E-state index in [9.17, 15) is 13.2 Å². The lowest BCUT2D eigenvalue weighted by molar-refractivity contribution is 0.0708. The Morgan fingerprint density at radius 3 is 2.61 bits per heavy atom. The summed E-state index contributed by atoms with van der Waals surface area (Å²) in [6, 6.07) is -0.446. The van der Waals surface area contributed by atoms with Gasteiger partial charge in [-0.2, -0.15) is 4.98 Å². The number of amides is 1. The summed E-state index contributed by atoms with van der Waals surface area (Å²) in [5.41, 5.74) is 0.116. The number of carbonyl (C=O) groups excluding carboxylic acids is 1. The van der Waals surface area contributed by atoms with Crippen molar-refractivity contribution in [2.75, 3.05) is 6.26 Å². The largest absolute Gasteiger partial charge is 0.470 e. The van der Waals surface area contributed by atoms with Crippen LogP contribution in [0.15, 0.2) is 17.7 Å². The molecule has 3 aliphatic rings. The van der Waals surface area contributed by atoms with Crippen LogP contribution in [-0.4, -0.2) is 42.2 Å². The third-order valence-corrected chi connectivity index (χ3v) is 6.57. The quantitative estimate of drug-likeness (QED) is 0.749. The van der Waals surface area contributed by atoms with Crippen molar-refractivity contribution in [3.63, 3.8) is 0 Å². The molecule has 28 heavy (non-hydrogen) atoms. The van der Waals surface area contributed by atoms with Crippen LogP contribution in [0.3, 0.4) is 0 Å². The van der Waals surface area contributed by atoms with Crippen molar-refractivity contribution < 1.29 is 17.9 Å². The number of fused-ring (bicyclic) bond motifs is 2.